The van der Waals surface area contributed by atoms with Crippen molar-refractivity contribution in [1.82, 2.24) is 5.32 Å². The van der Waals surface area contributed by atoms with Crippen LogP contribution in [0.2, 0.25) is 0 Å². The summed E-state index contributed by atoms with van der Waals surface area (Å²) in [7, 11) is 1.80. The molecule has 0 bridgehead atoms. The number of nitrogens with one attached hydrogen (secondary N) is 1. The molecular weight excluding hydrogens is 150 g/mol. The maximum Gasteiger partial charge on any atom is 0.0713 e. The summed E-state index contributed by atoms with van der Waals surface area (Å²) in [4.78, 5) is 0. The first kappa shape index (κ1) is 8.31. The molecule has 1 unspecified atom stereocenters. The van der Waals surface area contributed by atoms with Crippen LogP contribution in [0.1, 0.15) is 19.3 Å². The average molecular weight is 164 g/mol. The van der Waals surface area contributed by atoms with Crippen molar-refractivity contribution < 1.29 is 4.74 Å². The van der Waals surface area contributed by atoms with Crippen molar-refractivity contribution in [3.63, 3.8) is 0 Å². The molecular formula is C7H14ClNO. The number of ether oxygens (including phenoxy) is 1. The third-order valence-corrected chi connectivity index (χ3v) is 2.51. The van der Waals surface area contributed by atoms with Gasteiger partial charge in [-0.1, -0.05) is 0 Å². The van der Waals surface area contributed by atoms with E-state index in [-0.39, 0.29) is 12.4 Å². The smallest absolute Gasteiger partial charge is 0.0713 e. The van der Waals surface area contributed by atoms with Gasteiger partial charge in [-0.2, -0.15) is 0 Å². The summed E-state index contributed by atoms with van der Waals surface area (Å²) in [5.41, 5.74) is 0.542. The fourth-order valence-corrected chi connectivity index (χ4v) is 1.61. The molecule has 0 radical (unpaired) electrons. The summed E-state index contributed by atoms with van der Waals surface area (Å²) >= 11 is 0. The van der Waals surface area contributed by atoms with Gasteiger partial charge in [0, 0.05) is 19.2 Å². The molecule has 2 rings (SSSR count). The Bertz CT molecular complexity index is 125. The second kappa shape index (κ2) is 2.68. The van der Waals surface area contributed by atoms with E-state index in [0.29, 0.717) is 11.6 Å². The maximum absolute atomic E-state index is 5.22. The van der Waals surface area contributed by atoms with Crippen LogP contribution in [0, 0.1) is 0 Å². The quantitative estimate of drug-likeness (QED) is 0.622. The third-order valence-electron chi connectivity index (χ3n) is 2.51. The molecule has 2 aliphatic rings. The highest BCUT2D eigenvalue weighted by Gasteiger charge is 2.48. The first-order chi connectivity index (χ1) is 4.35. The van der Waals surface area contributed by atoms with E-state index in [0.717, 1.165) is 6.54 Å². The Kier molecular flexibility index (Phi) is 2.23. The van der Waals surface area contributed by atoms with Crippen molar-refractivity contribution in [2.24, 2.45) is 0 Å². The molecule has 1 saturated carbocycles. The Hall–Kier alpha value is 0.210. The largest absolute Gasteiger partial charge is 0.380 e. The topological polar surface area (TPSA) is 21.3 Å². The Labute approximate surface area is 67.7 Å². The highest BCUT2D eigenvalue weighted by molar-refractivity contribution is 5.85. The van der Waals surface area contributed by atoms with Crippen molar-refractivity contribution >= 4 is 12.4 Å². The molecule has 2 fully saturated rings. The fourth-order valence-electron chi connectivity index (χ4n) is 1.61. The predicted octanol–water partition coefficient (Wildman–Crippen LogP) is 0.949. The van der Waals surface area contributed by atoms with Crippen molar-refractivity contribution in [3.05, 3.63) is 0 Å². The minimum Gasteiger partial charge on any atom is -0.380 e. The first-order valence-corrected chi connectivity index (χ1v) is 3.62. The molecule has 1 saturated heterocycles. The molecule has 0 aromatic carbocycles. The molecule has 1 aliphatic carbocycles. The van der Waals surface area contributed by atoms with Gasteiger partial charge in [0.1, 0.15) is 0 Å². The van der Waals surface area contributed by atoms with Gasteiger partial charge in [-0.15, -0.1) is 12.4 Å². The van der Waals surface area contributed by atoms with Gasteiger partial charge in [-0.25, -0.2) is 0 Å². The van der Waals surface area contributed by atoms with Gasteiger partial charge >= 0.3 is 0 Å². The lowest BCUT2D eigenvalue weighted by atomic mass is 10.2. The Balaban J connectivity index is 0.000000500. The number of methoxy groups -OCH3 is 1. The van der Waals surface area contributed by atoms with E-state index in [9.17, 15) is 0 Å². The summed E-state index contributed by atoms with van der Waals surface area (Å²) in [6.45, 7) is 1.07. The molecule has 3 heteroatoms. The second-order valence-electron chi connectivity index (χ2n) is 3.22. The number of hydrogen-bond donors (Lipinski definition) is 1. The Morgan fingerprint density at radius 2 is 2.20 bits per heavy atom. The lowest BCUT2D eigenvalue weighted by molar-refractivity contribution is 0.116. The molecule has 1 spiro atoms. The standard InChI is InChI=1S/C7H13NO.ClH/c1-9-6-4-7(2-3-7)8-5-6;/h6,8H,2-5H2,1H3;1H. The maximum atomic E-state index is 5.22. The predicted molar refractivity (Wildman–Crippen MR) is 42.6 cm³/mol. The van der Waals surface area contributed by atoms with Crippen molar-refractivity contribution in [1.29, 1.82) is 0 Å². The molecule has 1 heterocycles. The van der Waals surface area contributed by atoms with Crippen LogP contribution >= 0.6 is 12.4 Å². The molecule has 0 aromatic rings. The van der Waals surface area contributed by atoms with E-state index in [1.54, 1.807) is 7.11 Å². The van der Waals surface area contributed by atoms with E-state index < -0.39 is 0 Å². The van der Waals surface area contributed by atoms with E-state index in [4.69, 9.17) is 4.74 Å². The second-order valence-corrected chi connectivity index (χ2v) is 3.22. The van der Waals surface area contributed by atoms with Crippen LogP contribution in [0.15, 0.2) is 0 Å². The minimum atomic E-state index is 0. The molecule has 10 heavy (non-hydrogen) atoms. The van der Waals surface area contributed by atoms with Gasteiger partial charge in [-0.05, 0) is 19.3 Å². The van der Waals surface area contributed by atoms with E-state index >= 15 is 0 Å². The van der Waals surface area contributed by atoms with E-state index in [1.165, 1.54) is 19.3 Å². The lowest BCUT2D eigenvalue weighted by Crippen LogP contribution is -2.22. The van der Waals surface area contributed by atoms with Crippen LogP contribution in [0.5, 0.6) is 0 Å². The number of halogens is 1. The van der Waals surface area contributed by atoms with E-state index in [1.807, 2.05) is 0 Å². The minimum absolute atomic E-state index is 0. The molecule has 60 valence electrons. The van der Waals surface area contributed by atoms with Crippen LogP contribution in [-0.2, 0) is 4.74 Å². The van der Waals surface area contributed by atoms with Crippen molar-refractivity contribution in [3.8, 4) is 0 Å². The zero-order chi connectivity index (χ0) is 6.32. The molecule has 1 atom stereocenters. The molecule has 0 amide bonds. The average Bonchev–Trinajstić information content (AvgIpc) is 2.44. The van der Waals surface area contributed by atoms with Crippen LogP contribution in [-0.4, -0.2) is 25.3 Å². The van der Waals surface area contributed by atoms with Gasteiger partial charge in [-0.3, -0.25) is 0 Å². The van der Waals surface area contributed by atoms with Gasteiger partial charge in [0.2, 0.25) is 0 Å². The number of hydrogen-bond acceptors (Lipinski definition) is 2. The highest BCUT2D eigenvalue weighted by atomic mass is 35.5. The summed E-state index contributed by atoms with van der Waals surface area (Å²) in [6.07, 6.45) is 4.47. The van der Waals surface area contributed by atoms with Crippen molar-refractivity contribution in [2.75, 3.05) is 13.7 Å². The van der Waals surface area contributed by atoms with Crippen LogP contribution in [0.4, 0.5) is 0 Å². The van der Waals surface area contributed by atoms with Crippen molar-refractivity contribution in [2.45, 2.75) is 30.9 Å². The molecule has 1 N–H and O–H groups in total. The summed E-state index contributed by atoms with van der Waals surface area (Å²) < 4.78 is 5.22. The molecule has 0 aromatic heterocycles. The van der Waals surface area contributed by atoms with Crippen LogP contribution < -0.4 is 5.32 Å². The Morgan fingerprint density at radius 1 is 1.50 bits per heavy atom. The number of rotatable bonds is 1. The highest BCUT2D eigenvalue weighted by Crippen LogP contribution is 2.43. The third kappa shape index (κ3) is 1.29. The van der Waals surface area contributed by atoms with E-state index in [2.05, 4.69) is 5.32 Å². The SMILES string of the molecule is COC1CNC2(CC2)C1.Cl. The summed E-state index contributed by atoms with van der Waals surface area (Å²) in [5.74, 6) is 0. The Morgan fingerprint density at radius 3 is 2.50 bits per heavy atom. The molecule has 1 aliphatic heterocycles. The van der Waals surface area contributed by atoms with Gasteiger partial charge in [0.15, 0.2) is 0 Å². The monoisotopic (exact) mass is 163 g/mol. The molecule has 2 nitrogen and oxygen atoms in total. The summed E-state index contributed by atoms with van der Waals surface area (Å²) in [6, 6.07) is 0. The first-order valence-electron chi connectivity index (χ1n) is 3.62. The van der Waals surface area contributed by atoms with Gasteiger partial charge in [0.05, 0.1) is 6.10 Å². The van der Waals surface area contributed by atoms with Gasteiger partial charge in [0.25, 0.3) is 0 Å². The normalized spacial score (nSPS) is 33.9. The zero-order valence-corrected chi connectivity index (χ0v) is 7.04. The zero-order valence-electron chi connectivity index (χ0n) is 6.22. The summed E-state index contributed by atoms with van der Waals surface area (Å²) in [5, 5.41) is 3.48. The van der Waals surface area contributed by atoms with Crippen LogP contribution in [0.25, 0.3) is 0 Å². The van der Waals surface area contributed by atoms with Crippen LogP contribution in [0.3, 0.4) is 0 Å². The van der Waals surface area contributed by atoms with Gasteiger partial charge < -0.3 is 10.1 Å². The fraction of sp³-hybridized carbons (Fsp3) is 1.00. The lowest BCUT2D eigenvalue weighted by Gasteiger charge is -2.04.